The third kappa shape index (κ3) is 3.26. The second kappa shape index (κ2) is 7.93. The average molecular weight is 405 g/mol. The number of aromatic nitrogens is 1. The van der Waals surface area contributed by atoms with Gasteiger partial charge in [-0.15, -0.1) is 0 Å². The molecule has 154 valence electrons. The number of morpholine rings is 1. The SMILES string of the molecule is COc1ccc2c(c1)/C(=N\OCCN1CCOCC1)c1c-2c(=O)[nH]c2ccccc12. The Morgan fingerprint density at radius 2 is 1.93 bits per heavy atom. The molecule has 0 unspecified atom stereocenters. The van der Waals surface area contributed by atoms with E-state index >= 15 is 0 Å². The zero-order chi connectivity index (χ0) is 20.5. The minimum atomic E-state index is -0.131. The first-order valence-electron chi connectivity index (χ1n) is 10.1. The third-order valence-corrected chi connectivity index (χ3v) is 5.67. The minimum absolute atomic E-state index is 0.131. The maximum atomic E-state index is 12.9. The van der Waals surface area contributed by atoms with Gasteiger partial charge in [0.15, 0.2) is 0 Å². The van der Waals surface area contributed by atoms with Gasteiger partial charge in [-0.3, -0.25) is 9.69 Å². The number of aromatic amines is 1. The van der Waals surface area contributed by atoms with Gasteiger partial charge in [0.2, 0.25) is 0 Å². The highest BCUT2D eigenvalue weighted by atomic mass is 16.6. The normalized spacial score (nSPS) is 17.2. The van der Waals surface area contributed by atoms with Crippen LogP contribution in [0.4, 0.5) is 0 Å². The van der Waals surface area contributed by atoms with E-state index in [1.165, 1.54) is 0 Å². The molecule has 5 rings (SSSR count). The standard InChI is InChI=1S/C23H23N3O4/c1-28-15-6-7-16-18(14-15)22(25-30-13-10-26-8-11-29-12-9-26)20-17-4-2-3-5-19(17)24-23(27)21(16)20/h2-7,14H,8-13H2,1H3,(H,24,27)/b25-22+. The highest BCUT2D eigenvalue weighted by molar-refractivity contribution is 6.29. The molecule has 7 nitrogen and oxygen atoms in total. The summed E-state index contributed by atoms with van der Waals surface area (Å²) in [5.41, 5.74) is 4.44. The number of ether oxygens (including phenoxy) is 2. The Morgan fingerprint density at radius 3 is 2.77 bits per heavy atom. The molecular weight excluding hydrogens is 382 g/mol. The molecule has 1 fully saturated rings. The van der Waals surface area contributed by atoms with E-state index in [2.05, 4.69) is 15.0 Å². The van der Waals surface area contributed by atoms with Crippen LogP contribution in [0.15, 0.2) is 52.4 Å². The lowest BCUT2D eigenvalue weighted by molar-refractivity contribution is 0.0212. The Kier molecular flexibility index (Phi) is 4.98. The molecule has 0 atom stereocenters. The van der Waals surface area contributed by atoms with E-state index in [1.54, 1.807) is 7.11 Å². The van der Waals surface area contributed by atoms with E-state index in [9.17, 15) is 4.79 Å². The molecule has 1 N–H and O–H groups in total. The highest BCUT2D eigenvalue weighted by Crippen LogP contribution is 2.39. The van der Waals surface area contributed by atoms with Crippen LogP contribution < -0.4 is 10.3 Å². The van der Waals surface area contributed by atoms with Crippen LogP contribution in [0.3, 0.4) is 0 Å². The fraction of sp³-hybridized carbons (Fsp3) is 0.304. The molecule has 3 aromatic rings. The van der Waals surface area contributed by atoms with Crippen LogP contribution in [0.5, 0.6) is 5.75 Å². The molecule has 2 aliphatic rings. The van der Waals surface area contributed by atoms with Crippen LogP contribution in [0, 0.1) is 0 Å². The molecule has 1 aromatic heterocycles. The number of hydrogen-bond donors (Lipinski definition) is 1. The molecule has 0 saturated carbocycles. The molecular formula is C23H23N3O4. The Balaban J connectivity index is 1.55. The smallest absolute Gasteiger partial charge is 0.257 e. The van der Waals surface area contributed by atoms with Gasteiger partial charge in [-0.2, -0.15) is 0 Å². The number of benzene rings is 2. The van der Waals surface area contributed by atoms with E-state index in [0.29, 0.717) is 23.6 Å². The lowest BCUT2D eigenvalue weighted by Crippen LogP contribution is -2.38. The molecule has 0 amide bonds. The predicted octanol–water partition coefficient (Wildman–Crippen LogP) is 2.62. The number of hydrogen-bond acceptors (Lipinski definition) is 6. The van der Waals surface area contributed by atoms with Gasteiger partial charge in [0.1, 0.15) is 18.1 Å². The number of nitrogens with zero attached hydrogens (tertiary/aromatic N) is 2. The highest BCUT2D eigenvalue weighted by Gasteiger charge is 2.31. The van der Waals surface area contributed by atoms with Crippen molar-refractivity contribution in [3.05, 3.63) is 63.9 Å². The lowest BCUT2D eigenvalue weighted by atomic mass is 10.0. The number of fused-ring (bicyclic) bond motifs is 5. The summed E-state index contributed by atoms with van der Waals surface area (Å²) < 4.78 is 10.8. The summed E-state index contributed by atoms with van der Waals surface area (Å²) in [6.45, 7) is 4.58. The third-order valence-electron chi connectivity index (χ3n) is 5.67. The predicted molar refractivity (Wildman–Crippen MR) is 115 cm³/mol. The number of oxime groups is 1. The van der Waals surface area contributed by atoms with Crippen LogP contribution in [0.1, 0.15) is 11.1 Å². The summed E-state index contributed by atoms with van der Waals surface area (Å²) in [5, 5.41) is 5.45. The fourth-order valence-corrected chi connectivity index (χ4v) is 4.14. The zero-order valence-corrected chi connectivity index (χ0v) is 16.8. The van der Waals surface area contributed by atoms with Crippen molar-refractivity contribution in [2.45, 2.75) is 0 Å². The van der Waals surface area contributed by atoms with E-state index in [0.717, 1.165) is 60.4 Å². The van der Waals surface area contributed by atoms with Crippen LogP contribution in [-0.4, -0.2) is 62.2 Å². The van der Waals surface area contributed by atoms with Crippen LogP contribution in [0.2, 0.25) is 0 Å². The van der Waals surface area contributed by atoms with E-state index in [-0.39, 0.29) is 5.56 Å². The van der Waals surface area contributed by atoms with Gasteiger partial charge in [0.25, 0.3) is 5.56 Å². The van der Waals surface area contributed by atoms with E-state index in [1.807, 2.05) is 42.5 Å². The van der Waals surface area contributed by atoms with E-state index in [4.69, 9.17) is 14.3 Å². The van der Waals surface area contributed by atoms with Crippen molar-refractivity contribution >= 4 is 16.6 Å². The van der Waals surface area contributed by atoms with Gasteiger partial charge in [0, 0.05) is 41.7 Å². The van der Waals surface area contributed by atoms with Crippen molar-refractivity contribution in [2.24, 2.45) is 5.16 Å². The molecule has 30 heavy (non-hydrogen) atoms. The van der Waals surface area contributed by atoms with Gasteiger partial charge in [-0.1, -0.05) is 23.4 Å². The molecule has 7 heteroatoms. The van der Waals surface area contributed by atoms with Gasteiger partial charge in [-0.25, -0.2) is 0 Å². The van der Waals surface area contributed by atoms with Crippen molar-refractivity contribution in [2.75, 3.05) is 46.6 Å². The number of nitrogens with one attached hydrogen (secondary N) is 1. The average Bonchev–Trinajstić information content (AvgIpc) is 3.12. The monoisotopic (exact) mass is 405 g/mol. The number of para-hydroxylation sites is 1. The molecule has 0 bridgehead atoms. The summed E-state index contributed by atoms with van der Waals surface area (Å²) >= 11 is 0. The molecule has 1 aliphatic heterocycles. The minimum Gasteiger partial charge on any atom is -0.497 e. The number of rotatable bonds is 5. The Bertz CT molecular complexity index is 1180. The fourth-order valence-electron chi connectivity index (χ4n) is 4.14. The summed E-state index contributed by atoms with van der Waals surface area (Å²) in [5.74, 6) is 0.711. The topological polar surface area (TPSA) is 76.2 Å². The van der Waals surface area contributed by atoms with Gasteiger partial charge in [-0.05, 0) is 29.8 Å². The summed E-state index contributed by atoms with van der Waals surface area (Å²) in [7, 11) is 1.63. The number of pyridine rings is 1. The summed E-state index contributed by atoms with van der Waals surface area (Å²) in [6, 6.07) is 13.4. The van der Waals surface area contributed by atoms with Crippen molar-refractivity contribution in [1.29, 1.82) is 0 Å². The number of methoxy groups -OCH3 is 1. The molecule has 2 aromatic carbocycles. The van der Waals surface area contributed by atoms with Crippen molar-refractivity contribution in [3.8, 4) is 16.9 Å². The molecule has 1 saturated heterocycles. The summed E-state index contributed by atoms with van der Waals surface area (Å²) in [6.07, 6.45) is 0. The zero-order valence-electron chi connectivity index (χ0n) is 16.8. The lowest BCUT2D eigenvalue weighted by Gasteiger charge is -2.25. The van der Waals surface area contributed by atoms with Crippen LogP contribution in [0.25, 0.3) is 22.0 Å². The van der Waals surface area contributed by atoms with Gasteiger partial charge >= 0.3 is 0 Å². The number of H-pyrrole nitrogens is 1. The Morgan fingerprint density at radius 1 is 1.10 bits per heavy atom. The second-order valence-electron chi connectivity index (χ2n) is 7.39. The van der Waals surface area contributed by atoms with E-state index < -0.39 is 0 Å². The molecule has 0 radical (unpaired) electrons. The van der Waals surface area contributed by atoms with Gasteiger partial charge in [0.05, 0.1) is 25.9 Å². The molecule has 1 aliphatic carbocycles. The largest absolute Gasteiger partial charge is 0.497 e. The Hall–Kier alpha value is -3.16. The van der Waals surface area contributed by atoms with Gasteiger partial charge < -0.3 is 19.3 Å². The summed E-state index contributed by atoms with van der Waals surface area (Å²) in [4.78, 5) is 24.0. The van der Waals surface area contributed by atoms with Crippen LogP contribution in [-0.2, 0) is 9.57 Å². The second-order valence-corrected chi connectivity index (χ2v) is 7.39. The Labute approximate surface area is 173 Å². The van der Waals surface area contributed by atoms with Crippen molar-refractivity contribution in [1.82, 2.24) is 9.88 Å². The maximum Gasteiger partial charge on any atom is 0.257 e. The molecule has 0 spiro atoms. The van der Waals surface area contributed by atoms with Crippen LogP contribution >= 0.6 is 0 Å². The first-order chi connectivity index (χ1) is 14.8. The first kappa shape index (κ1) is 18.8. The maximum absolute atomic E-state index is 12.9. The van der Waals surface area contributed by atoms with Crippen molar-refractivity contribution < 1.29 is 14.3 Å². The molecule has 2 heterocycles. The van der Waals surface area contributed by atoms with Crippen molar-refractivity contribution in [3.63, 3.8) is 0 Å². The quantitative estimate of drug-likeness (QED) is 0.408. The first-order valence-corrected chi connectivity index (χ1v) is 10.1.